The second kappa shape index (κ2) is 8.57. The molecule has 5 nitrogen and oxygen atoms in total. The lowest BCUT2D eigenvalue weighted by Gasteiger charge is -2.22. The smallest absolute Gasteiger partial charge is 0.418 e. The molecule has 0 heterocycles. The molecule has 144 valence electrons. The Bertz CT molecular complexity index is 822. The first kappa shape index (κ1) is 20.3. The van der Waals surface area contributed by atoms with Crippen LogP contribution in [0.1, 0.15) is 22.8 Å². The van der Waals surface area contributed by atoms with Gasteiger partial charge in [-0.2, -0.15) is 13.2 Å². The van der Waals surface area contributed by atoms with E-state index >= 15 is 0 Å². The number of hydrogen-bond donors (Lipinski definition) is 1. The van der Waals surface area contributed by atoms with Gasteiger partial charge in [0.1, 0.15) is 12.3 Å². The fourth-order valence-corrected chi connectivity index (χ4v) is 2.52. The zero-order valence-corrected chi connectivity index (χ0v) is 14.8. The van der Waals surface area contributed by atoms with Gasteiger partial charge < -0.3 is 15.0 Å². The molecule has 0 spiro atoms. The number of ether oxygens (including phenoxy) is 1. The van der Waals surface area contributed by atoms with Gasteiger partial charge in [-0.15, -0.1) is 0 Å². The van der Waals surface area contributed by atoms with Gasteiger partial charge in [-0.1, -0.05) is 24.3 Å². The lowest BCUT2D eigenvalue weighted by atomic mass is 10.1. The van der Waals surface area contributed by atoms with E-state index in [4.69, 9.17) is 4.74 Å². The van der Waals surface area contributed by atoms with E-state index in [0.29, 0.717) is 5.75 Å². The summed E-state index contributed by atoms with van der Waals surface area (Å²) >= 11 is 0. The Labute approximate surface area is 154 Å². The summed E-state index contributed by atoms with van der Waals surface area (Å²) in [5.41, 5.74) is -1.03. The standard InChI is InChI=1S/C19H19F3N2O3/c1-3-24(18(26)13-8-4-7-11-16(13)27-2)12-17(25)23-15-10-6-5-9-14(15)19(20,21)22/h4-11H,3,12H2,1-2H3,(H,23,25). The van der Waals surface area contributed by atoms with Crippen LogP contribution in [0.2, 0.25) is 0 Å². The maximum atomic E-state index is 13.0. The number of alkyl halides is 3. The first-order valence-corrected chi connectivity index (χ1v) is 8.16. The fourth-order valence-electron chi connectivity index (χ4n) is 2.52. The number of methoxy groups -OCH3 is 1. The summed E-state index contributed by atoms with van der Waals surface area (Å²) in [6, 6.07) is 11.2. The van der Waals surface area contributed by atoms with Crippen LogP contribution in [0.3, 0.4) is 0 Å². The van der Waals surface area contributed by atoms with E-state index in [1.54, 1.807) is 31.2 Å². The quantitative estimate of drug-likeness (QED) is 0.829. The van der Waals surface area contributed by atoms with Crippen molar-refractivity contribution in [2.75, 3.05) is 25.5 Å². The van der Waals surface area contributed by atoms with Crippen LogP contribution in [-0.4, -0.2) is 36.9 Å². The number of carbonyl (C=O) groups excluding carboxylic acids is 2. The predicted molar refractivity (Wildman–Crippen MR) is 94.6 cm³/mol. The summed E-state index contributed by atoms with van der Waals surface area (Å²) < 4.78 is 44.2. The SMILES string of the molecule is CCN(CC(=O)Nc1ccccc1C(F)(F)F)C(=O)c1ccccc1OC. The average Bonchev–Trinajstić information content (AvgIpc) is 2.65. The zero-order valence-electron chi connectivity index (χ0n) is 14.8. The molecule has 0 unspecified atom stereocenters. The molecule has 2 amide bonds. The zero-order chi connectivity index (χ0) is 20.0. The Kier molecular flexibility index (Phi) is 6.44. The number of benzene rings is 2. The second-order valence-electron chi connectivity index (χ2n) is 5.61. The molecule has 2 aromatic rings. The van der Waals surface area contributed by atoms with E-state index in [2.05, 4.69) is 5.32 Å². The topological polar surface area (TPSA) is 58.6 Å². The van der Waals surface area contributed by atoms with Gasteiger partial charge in [0.05, 0.1) is 23.9 Å². The van der Waals surface area contributed by atoms with E-state index < -0.39 is 23.6 Å². The highest BCUT2D eigenvalue weighted by molar-refractivity contribution is 6.01. The molecule has 1 N–H and O–H groups in total. The highest BCUT2D eigenvalue weighted by atomic mass is 19.4. The van der Waals surface area contributed by atoms with Crippen LogP contribution in [0.5, 0.6) is 5.75 Å². The molecule has 0 aliphatic carbocycles. The van der Waals surface area contributed by atoms with Crippen molar-refractivity contribution in [3.05, 3.63) is 59.7 Å². The normalized spacial score (nSPS) is 11.0. The van der Waals surface area contributed by atoms with Gasteiger partial charge in [0.15, 0.2) is 0 Å². The van der Waals surface area contributed by atoms with Crippen LogP contribution in [0.15, 0.2) is 48.5 Å². The van der Waals surface area contributed by atoms with E-state index in [1.165, 1.54) is 30.2 Å². The van der Waals surface area contributed by atoms with Crippen molar-refractivity contribution in [3.63, 3.8) is 0 Å². The minimum atomic E-state index is -4.60. The monoisotopic (exact) mass is 380 g/mol. The molecule has 0 saturated heterocycles. The summed E-state index contributed by atoms with van der Waals surface area (Å²) in [6.07, 6.45) is -4.60. The number of anilines is 1. The van der Waals surface area contributed by atoms with Gasteiger partial charge in [0.25, 0.3) is 5.91 Å². The molecule has 0 bridgehead atoms. The molecule has 2 aromatic carbocycles. The molecule has 0 aliphatic rings. The van der Waals surface area contributed by atoms with Crippen LogP contribution < -0.4 is 10.1 Å². The predicted octanol–water partition coefficient (Wildman–Crippen LogP) is 3.81. The largest absolute Gasteiger partial charge is 0.496 e. The van der Waals surface area contributed by atoms with Crippen molar-refractivity contribution >= 4 is 17.5 Å². The van der Waals surface area contributed by atoms with Crippen molar-refractivity contribution in [1.82, 2.24) is 4.90 Å². The molecule has 27 heavy (non-hydrogen) atoms. The summed E-state index contributed by atoms with van der Waals surface area (Å²) in [4.78, 5) is 26.1. The van der Waals surface area contributed by atoms with Crippen molar-refractivity contribution in [3.8, 4) is 5.75 Å². The first-order chi connectivity index (χ1) is 12.8. The Morgan fingerprint density at radius 2 is 1.70 bits per heavy atom. The highest BCUT2D eigenvalue weighted by Gasteiger charge is 2.33. The first-order valence-electron chi connectivity index (χ1n) is 8.16. The van der Waals surface area contributed by atoms with Crippen molar-refractivity contribution < 1.29 is 27.5 Å². The van der Waals surface area contributed by atoms with E-state index in [1.807, 2.05) is 0 Å². The number of rotatable bonds is 6. The number of carbonyl (C=O) groups is 2. The van der Waals surface area contributed by atoms with Crippen molar-refractivity contribution in [2.45, 2.75) is 13.1 Å². The Balaban J connectivity index is 2.15. The van der Waals surface area contributed by atoms with Gasteiger partial charge >= 0.3 is 6.18 Å². The number of para-hydroxylation sites is 2. The summed E-state index contributed by atoms with van der Waals surface area (Å²) in [5, 5.41) is 2.23. The Hall–Kier alpha value is -3.03. The number of halogens is 3. The summed E-state index contributed by atoms with van der Waals surface area (Å²) in [7, 11) is 1.42. The molecule has 0 radical (unpaired) electrons. The molecule has 0 fully saturated rings. The van der Waals surface area contributed by atoms with Gasteiger partial charge in [-0.3, -0.25) is 9.59 Å². The molecule has 0 aromatic heterocycles. The van der Waals surface area contributed by atoms with E-state index in [0.717, 1.165) is 6.07 Å². The third-order valence-electron chi connectivity index (χ3n) is 3.85. The number of hydrogen-bond acceptors (Lipinski definition) is 3. The molecule has 0 saturated carbocycles. The molecular weight excluding hydrogens is 361 g/mol. The van der Waals surface area contributed by atoms with Gasteiger partial charge in [-0.05, 0) is 31.2 Å². The number of nitrogens with one attached hydrogen (secondary N) is 1. The second-order valence-corrected chi connectivity index (χ2v) is 5.61. The third-order valence-corrected chi connectivity index (χ3v) is 3.85. The molecular formula is C19H19F3N2O3. The van der Waals surface area contributed by atoms with E-state index in [9.17, 15) is 22.8 Å². The van der Waals surface area contributed by atoms with Crippen LogP contribution in [-0.2, 0) is 11.0 Å². The maximum Gasteiger partial charge on any atom is 0.418 e. The molecule has 2 rings (SSSR count). The summed E-state index contributed by atoms with van der Waals surface area (Å²) in [5.74, 6) is -0.824. The van der Waals surface area contributed by atoms with E-state index in [-0.39, 0.29) is 24.3 Å². The van der Waals surface area contributed by atoms with Crippen molar-refractivity contribution in [1.29, 1.82) is 0 Å². The molecule has 0 atom stereocenters. The lowest BCUT2D eigenvalue weighted by Crippen LogP contribution is -2.38. The number of amides is 2. The minimum Gasteiger partial charge on any atom is -0.496 e. The van der Waals surface area contributed by atoms with Crippen molar-refractivity contribution in [2.24, 2.45) is 0 Å². The number of nitrogens with zero attached hydrogens (tertiary/aromatic N) is 1. The average molecular weight is 380 g/mol. The Morgan fingerprint density at radius 3 is 2.33 bits per heavy atom. The van der Waals surface area contributed by atoms with Crippen LogP contribution in [0, 0.1) is 0 Å². The fraction of sp³-hybridized carbons (Fsp3) is 0.263. The van der Waals surface area contributed by atoms with Gasteiger partial charge in [0.2, 0.25) is 5.91 Å². The maximum absolute atomic E-state index is 13.0. The minimum absolute atomic E-state index is 0.200. The molecule has 0 aliphatic heterocycles. The summed E-state index contributed by atoms with van der Waals surface area (Å²) in [6.45, 7) is 1.48. The van der Waals surface area contributed by atoms with Crippen LogP contribution in [0.4, 0.5) is 18.9 Å². The third kappa shape index (κ3) is 4.99. The Morgan fingerprint density at radius 1 is 1.07 bits per heavy atom. The van der Waals surface area contributed by atoms with Gasteiger partial charge in [0, 0.05) is 6.54 Å². The van der Waals surface area contributed by atoms with Crippen LogP contribution >= 0.6 is 0 Å². The lowest BCUT2D eigenvalue weighted by molar-refractivity contribution is -0.137. The molecule has 8 heteroatoms. The van der Waals surface area contributed by atoms with Crippen LogP contribution in [0.25, 0.3) is 0 Å². The number of likely N-dealkylation sites (N-methyl/N-ethyl adjacent to an activating group) is 1. The van der Waals surface area contributed by atoms with Gasteiger partial charge in [-0.25, -0.2) is 0 Å². The highest BCUT2D eigenvalue weighted by Crippen LogP contribution is 2.34.